The molecule has 2 aromatic heterocycles. The maximum Gasteiger partial charge on any atom is 0.356 e. The van der Waals surface area contributed by atoms with Crippen molar-refractivity contribution >= 4 is 23.5 Å². The fourth-order valence-electron chi connectivity index (χ4n) is 2.83. The van der Waals surface area contributed by atoms with E-state index in [1.54, 1.807) is 4.90 Å². The molecule has 0 fully saturated rings. The number of carboxylic acid groups (broad SMARTS) is 1. The van der Waals surface area contributed by atoms with E-state index in [1.807, 2.05) is 0 Å². The Morgan fingerprint density at radius 1 is 1.38 bits per heavy atom. The number of nitrogens with zero attached hydrogens (tertiary/aromatic N) is 4. The molecule has 0 spiro atoms. The van der Waals surface area contributed by atoms with Crippen LogP contribution in [0.1, 0.15) is 32.1 Å². The van der Waals surface area contributed by atoms with E-state index in [1.165, 1.54) is 23.1 Å². The van der Waals surface area contributed by atoms with Crippen LogP contribution in [-0.2, 0) is 19.5 Å². The van der Waals surface area contributed by atoms with Crippen LogP contribution in [0.4, 0.5) is 0 Å². The molecule has 0 bridgehead atoms. The number of hydrogen-bond acceptors (Lipinski definition) is 5. The van der Waals surface area contributed by atoms with Crippen LogP contribution in [0.2, 0.25) is 5.02 Å². The van der Waals surface area contributed by atoms with E-state index in [4.69, 9.17) is 16.7 Å². The van der Waals surface area contributed by atoms with Crippen LogP contribution in [0.15, 0.2) is 18.5 Å². The SMILES string of the molecule is O=C(O)c1nn(CCO)c2c1CN(C(=O)c1ccncc1Cl)CC2. The Bertz CT molecular complexity index is 805. The van der Waals surface area contributed by atoms with Crippen molar-refractivity contribution in [1.29, 1.82) is 0 Å². The lowest BCUT2D eigenvalue weighted by molar-refractivity contribution is 0.0674. The molecule has 0 aliphatic carbocycles. The largest absolute Gasteiger partial charge is 0.476 e. The average Bonchev–Trinajstić information content (AvgIpc) is 2.93. The summed E-state index contributed by atoms with van der Waals surface area (Å²) in [5.41, 5.74) is 1.48. The Hall–Kier alpha value is -2.45. The van der Waals surface area contributed by atoms with Crippen molar-refractivity contribution in [2.75, 3.05) is 13.2 Å². The highest BCUT2D eigenvalue weighted by Gasteiger charge is 2.30. The lowest BCUT2D eigenvalue weighted by atomic mass is 10.0. The first-order chi connectivity index (χ1) is 11.5. The summed E-state index contributed by atoms with van der Waals surface area (Å²) < 4.78 is 1.50. The topological polar surface area (TPSA) is 109 Å². The number of halogens is 1. The standard InChI is InChI=1S/C15H15ClN4O4/c16-11-7-17-3-1-9(11)14(22)19-4-2-12-10(8-19)13(15(23)24)18-20(12)5-6-21/h1,3,7,21H,2,4-6,8H2,(H,23,24). The first kappa shape index (κ1) is 16.4. The van der Waals surface area contributed by atoms with Gasteiger partial charge < -0.3 is 15.1 Å². The van der Waals surface area contributed by atoms with Gasteiger partial charge in [0, 0.05) is 36.6 Å². The van der Waals surface area contributed by atoms with Crippen molar-refractivity contribution in [1.82, 2.24) is 19.7 Å². The predicted octanol–water partition coefficient (Wildman–Crippen LogP) is 0.820. The summed E-state index contributed by atoms with van der Waals surface area (Å²) in [5.74, 6) is -1.43. The number of aromatic carboxylic acids is 1. The van der Waals surface area contributed by atoms with Gasteiger partial charge in [0.15, 0.2) is 5.69 Å². The molecule has 0 radical (unpaired) electrons. The number of rotatable bonds is 4. The lowest BCUT2D eigenvalue weighted by Crippen LogP contribution is -2.37. The summed E-state index contributed by atoms with van der Waals surface area (Å²) in [7, 11) is 0. The van der Waals surface area contributed by atoms with Crippen molar-refractivity contribution < 1.29 is 19.8 Å². The van der Waals surface area contributed by atoms with Crippen LogP contribution in [0, 0.1) is 0 Å². The molecule has 3 rings (SSSR count). The monoisotopic (exact) mass is 350 g/mol. The fourth-order valence-corrected chi connectivity index (χ4v) is 3.03. The Labute approximate surface area is 142 Å². The van der Waals surface area contributed by atoms with Crippen molar-refractivity contribution in [2.45, 2.75) is 19.5 Å². The van der Waals surface area contributed by atoms with Gasteiger partial charge in [-0.25, -0.2) is 4.79 Å². The maximum absolute atomic E-state index is 12.6. The van der Waals surface area contributed by atoms with Crippen LogP contribution in [0.5, 0.6) is 0 Å². The second-order valence-corrected chi connectivity index (χ2v) is 5.77. The molecule has 1 aliphatic heterocycles. The van der Waals surface area contributed by atoms with E-state index >= 15 is 0 Å². The minimum atomic E-state index is -1.15. The van der Waals surface area contributed by atoms with Gasteiger partial charge in [0.1, 0.15) is 0 Å². The number of aliphatic hydroxyl groups is 1. The molecule has 2 aromatic rings. The Morgan fingerprint density at radius 2 is 2.17 bits per heavy atom. The number of aromatic nitrogens is 3. The fraction of sp³-hybridized carbons (Fsp3) is 0.333. The van der Waals surface area contributed by atoms with Crippen molar-refractivity contribution in [3.05, 3.63) is 46.0 Å². The van der Waals surface area contributed by atoms with Crippen LogP contribution in [0.25, 0.3) is 0 Å². The predicted molar refractivity (Wildman–Crippen MR) is 84.0 cm³/mol. The molecule has 0 unspecified atom stereocenters. The number of hydrogen-bond donors (Lipinski definition) is 2. The molecule has 0 saturated carbocycles. The van der Waals surface area contributed by atoms with E-state index in [-0.39, 0.29) is 36.3 Å². The zero-order chi connectivity index (χ0) is 17.3. The molecule has 3 heterocycles. The minimum absolute atomic E-state index is 0.0863. The van der Waals surface area contributed by atoms with Gasteiger partial charge in [0.05, 0.1) is 30.3 Å². The van der Waals surface area contributed by atoms with Gasteiger partial charge in [-0.1, -0.05) is 11.6 Å². The molecule has 1 amide bonds. The maximum atomic E-state index is 12.6. The molecule has 0 aromatic carbocycles. The summed E-state index contributed by atoms with van der Waals surface area (Å²) in [4.78, 5) is 29.5. The molecule has 8 nitrogen and oxygen atoms in total. The van der Waals surface area contributed by atoms with E-state index < -0.39 is 5.97 Å². The van der Waals surface area contributed by atoms with Crippen LogP contribution in [0.3, 0.4) is 0 Å². The number of fused-ring (bicyclic) bond motifs is 1. The van der Waals surface area contributed by atoms with Crippen molar-refractivity contribution in [2.24, 2.45) is 0 Å². The molecule has 0 atom stereocenters. The normalized spacial score (nSPS) is 13.7. The zero-order valence-corrected chi connectivity index (χ0v) is 13.4. The molecule has 1 aliphatic rings. The van der Waals surface area contributed by atoms with E-state index in [0.29, 0.717) is 24.1 Å². The number of carbonyl (C=O) groups excluding carboxylic acids is 1. The average molecular weight is 351 g/mol. The molecule has 0 saturated heterocycles. The van der Waals surface area contributed by atoms with Gasteiger partial charge in [-0.2, -0.15) is 5.10 Å². The number of carboxylic acids is 1. The van der Waals surface area contributed by atoms with Gasteiger partial charge in [0.25, 0.3) is 5.91 Å². The van der Waals surface area contributed by atoms with Crippen LogP contribution in [-0.4, -0.2) is 54.9 Å². The third-order valence-corrected chi connectivity index (χ3v) is 4.24. The zero-order valence-electron chi connectivity index (χ0n) is 12.6. The summed E-state index contributed by atoms with van der Waals surface area (Å²) >= 11 is 6.02. The Balaban J connectivity index is 1.93. The van der Waals surface area contributed by atoms with Gasteiger partial charge in [0.2, 0.25) is 0 Å². The van der Waals surface area contributed by atoms with Gasteiger partial charge >= 0.3 is 5.97 Å². The highest BCUT2D eigenvalue weighted by atomic mass is 35.5. The third-order valence-electron chi connectivity index (χ3n) is 3.94. The highest BCUT2D eigenvalue weighted by Crippen LogP contribution is 2.25. The second kappa shape index (κ2) is 6.58. The smallest absolute Gasteiger partial charge is 0.356 e. The molecule has 9 heteroatoms. The van der Waals surface area contributed by atoms with Gasteiger partial charge in [-0.3, -0.25) is 14.5 Å². The van der Waals surface area contributed by atoms with E-state index in [0.717, 1.165) is 5.69 Å². The van der Waals surface area contributed by atoms with Crippen LogP contribution < -0.4 is 0 Å². The highest BCUT2D eigenvalue weighted by molar-refractivity contribution is 6.33. The number of aliphatic hydroxyl groups excluding tert-OH is 1. The molecule has 2 N–H and O–H groups in total. The van der Waals surface area contributed by atoms with Gasteiger partial charge in [-0.05, 0) is 6.07 Å². The quantitative estimate of drug-likeness (QED) is 0.845. The van der Waals surface area contributed by atoms with Crippen LogP contribution >= 0.6 is 11.6 Å². The molecular weight excluding hydrogens is 336 g/mol. The molecular formula is C15H15ClN4O4. The molecule has 126 valence electrons. The molecule has 24 heavy (non-hydrogen) atoms. The minimum Gasteiger partial charge on any atom is -0.476 e. The van der Waals surface area contributed by atoms with E-state index in [9.17, 15) is 14.7 Å². The Morgan fingerprint density at radius 3 is 2.83 bits per heavy atom. The van der Waals surface area contributed by atoms with Crippen molar-refractivity contribution in [3.8, 4) is 0 Å². The lowest BCUT2D eigenvalue weighted by Gasteiger charge is -2.28. The number of amides is 1. The summed E-state index contributed by atoms with van der Waals surface area (Å²) in [5, 5.41) is 22.7. The first-order valence-electron chi connectivity index (χ1n) is 7.34. The summed E-state index contributed by atoms with van der Waals surface area (Å²) in [6.07, 6.45) is 3.34. The second-order valence-electron chi connectivity index (χ2n) is 5.36. The first-order valence-corrected chi connectivity index (χ1v) is 7.72. The third kappa shape index (κ3) is 2.85. The summed E-state index contributed by atoms with van der Waals surface area (Å²) in [6.45, 7) is 0.642. The number of pyridine rings is 1. The number of carbonyl (C=O) groups is 2. The Kier molecular flexibility index (Phi) is 4.50. The van der Waals surface area contributed by atoms with Gasteiger partial charge in [-0.15, -0.1) is 0 Å². The van der Waals surface area contributed by atoms with E-state index in [2.05, 4.69) is 10.1 Å². The summed E-state index contributed by atoms with van der Waals surface area (Å²) in [6, 6.07) is 1.54. The van der Waals surface area contributed by atoms with Crippen molar-refractivity contribution in [3.63, 3.8) is 0 Å².